The van der Waals surface area contributed by atoms with Crippen molar-refractivity contribution in [3.8, 4) is 16.2 Å². The van der Waals surface area contributed by atoms with Crippen molar-refractivity contribution in [2.24, 2.45) is 5.92 Å². The SMILES string of the molecule is COc1ccc(-c2sc(NC(=O)C3CCCC3)nc2C)cc1S(=O)(=O)NCc1cccnc1. The van der Waals surface area contributed by atoms with Gasteiger partial charge in [0.2, 0.25) is 15.9 Å². The molecule has 1 aliphatic rings. The highest BCUT2D eigenvalue weighted by Crippen LogP contribution is 2.37. The Morgan fingerprint density at radius 3 is 2.73 bits per heavy atom. The third kappa shape index (κ3) is 5.40. The predicted octanol–water partition coefficient (Wildman–Crippen LogP) is 4.13. The van der Waals surface area contributed by atoms with Crippen LogP contribution < -0.4 is 14.8 Å². The third-order valence-corrected chi connectivity index (χ3v) is 8.20. The van der Waals surface area contributed by atoms with E-state index in [4.69, 9.17) is 4.74 Å². The van der Waals surface area contributed by atoms with E-state index in [9.17, 15) is 13.2 Å². The van der Waals surface area contributed by atoms with Gasteiger partial charge in [0.05, 0.1) is 17.7 Å². The molecule has 1 aliphatic carbocycles. The smallest absolute Gasteiger partial charge is 0.244 e. The summed E-state index contributed by atoms with van der Waals surface area (Å²) in [7, 11) is -2.42. The van der Waals surface area contributed by atoms with Gasteiger partial charge in [0, 0.05) is 24.9 Å². The van der Waals surface area contributed by atoms with Crippen LogP contribution in [0, 0.1) is 12.8 Å². The highest BCUT2D eigenvalue weighted by atomic mass is 32.2. The number of aryl methyl sites for hydroxylation is 1. The van der Waals surface area contributed by atoms with E-state index in [1.54, 1.807) is 42.7 Å². The number of nitrogens with one attached hydrogen (secondary N) is 2. The van der Waals surface area contributed by atoms with E-state index in [2.05, 4.69) is 20.0 Å². The number of hydrogen-bond acceptors (Lipinski definition) is 7. The number of methoxy groups -OCH3 is 1. The van der Waals surface area contributed by atoms with Crippen molar-refractivity contribution in [3.05, 3.63) is 54.0 Å². The normalized spacial score (nSPS) is 14.4. The van der Waals surface area contributed by atoms with Crippen molar-refractivity contribution >= 4 is 32.4 Å². The molecular formula is C23H26N4O4S2. The number of amides is 1. The van der Waals surface area contributed by atoms with Crippen molar-refractivity contribution in [2.75, 3.05) is 12.4 Å². The van der Waals surface area contributed by atoms with Crippen LogP contribution in [0.2, 0.25) is 0 Å². The Hall–Kier alpha value is -2.82. The maximum Gasteiger partial charge on any atom is 0.244 e. The van der Waals surface area contributed by atoms with Gasteiger partial charge >= 0.3 is 0 Å². The zero-order chi connectivity index (χ0) is 23.4. The molecule has 2 aromatic heterocycles. The minimum absolute atomic E-state index is 0.00500. The summed E-state index contributed by atoms with van der Waals surface area (Å²) in [4.78, 5) is 21.8. The molecule has 1 amide bonds. The fourth-order valence-corrected chi connectivity index (χ4v) is 6.08. The van der Waals surface area contributed by atoms with Crippen LogP contribution in [0.5, 0.6) is 5.75 Å². The number of sulfonamides is 1. The largest absolute Gasteiger partial charge is 0.495 e. The lowest BCUT2D eigenvalue weighted by Crippen LogP contribution is -2.23. The Bertz CT molecular complexity index is 1240. The van der Waals surface area contributed by atoms with E-state index in [0.29, 0.717) is 10.7 Å². The summed E-state index contributed by atoms with van der Waals surface area (Å²) >= 11 is 1.34. The maximum absolute atomic E-state index is 13.1. The summed E-state index contributed by atoms with van der Waals surface area (Å²) in [6.45, 7) is 1.95. The van der Waals surface area contributed by atoms with Crippen LogP contribution in [-0.4, -0.2) is 31.4 Å². The Labute approximate surface area is 197 Å². The quantitative estimate of drug-likeness (QED) is 0.495. The van der Waals surface area contributed by atoms with Gasteiger partial charge in [0.15, 0.2) is 5.13 Å². The number of thiazole rings is 1. The summed E-state index contributed by atoms with van der Waals surface area (Å²) in [5.41, 5.74) is 2.16. The molecule has 0 atom stereocenters. The van der Waals surface area contributed by atoms with Crippen LogP contribution in [0.15, 0.2) is 47.6 Å². The molecule has 1 aromatic carbocycles. The van der Waals surface area contributed by atoms with Gasteiger partial charge in [0.25, 0.3) is 0 Å². The molecule has 1 saturated carbocycles. The van der Waals surface area contributed by atoms with Crippen molar-refractivity contribution in [2.45, 2.75) is 44.0 Å². The molecule has 8 nitrogen and oxygen atoms in total. The van der Waals surface area contributed by atoms with Crippen molar-refractivity contribution in [3.63, 3.8) is 0 Å². The fraction of sp³-hybridized carbons (Fsp3) is 0.348. The van der Waals surface area contributed by atoms with Crippen LogP contribution in [-0.2, 0) is 21.4 Å². The topological polar surface area (TPSA) is 110 Å². The molecule has 10 heteroatoms. The minimum atomic E-state index is -3.86. The number of carbonyl (C=O) groups is 1. The molecule has 4 rings (SSSR count). The second-order valence-corrected chi connectivity index (χ2v) is 10.7. The fourth-order valence-electron chi connectivity index (χ4n) is 3.90. The average Bonchev–Trinajstić information content (AvgIpc) is 3.48. The van der Waals surface area contributed by atoms with Crippen LogP contribution in [0.3, 0.4) is 0 Å². The Morgan fingerprint density at radius 1 is 1.24 bits per heavy atom. The molecule has 2 N–H and O–H groups in total. The second kappa shape index (κ2) is 9.98. The number of benzene rings is 1. The first-order valence-electron chi connectivity index (χ1n) is 10.7. The van der Waals surface area contributed by atoms with Gasteiger partial charge in [-0.3, -0.25) is 9.78 Å². The first-order chi connectivity index (χ1) is 15.9. The minimum Gasteiger partial charge on any atom is -0.495 e. The van der Waals surface area contributed by atoms with E-state index in [0.717, 1.165) is 41.8 Å². The zero-order valence-electron chi connectivity index (χ0n) is 18.5. The van der Waals surface area contributed by atoms with Crippen molar-refractivity contribution < 1.29 is 17.9 Å². The van der Waals surface area contributed by atoms with Crippen LogP contribution in [0.25, 0.3) is 10.4 Å². The number of anilines is 1. The van der Waals surface area contributed by atoms with E-state index < -0.39 is 10.0 Å². The third-order valence-electron chi connectivity index (χ3n) is 5.66. The molecule has 0 aliphatic heterocycles. The van der Waals surface area contributed by atoms with E-state index in [1.165, 1.54) is 18.4 Å². The maximum atomic E-state index is 13.1. The molecule has 0 bridgehead atoms. The number of aromatic nitrogens is 2. The first-order valence-corrected chi connectivity index (χ1v) is 13.0. The van der Waals surface area contributed by atoms with E-state index in [-0.39, 0.29) is 29.0 Å². The molecule has 33 heavy (non-hydrogen) atoms. The lowest BCUT2D eigenvalue weighted by atomic mass is 10.1. The van der Waals surface area contributed by atoms with E-state index >= 15 is 0 Å². The standard InChI is InChI=1S/C23H26N4O4S2/c1-15-21(32-23(26-15)27-22(28)17-7-3-4-8-17)18-9-10-19(31-2)20(12-18)33(29,30)25-14-16-6-5-11-24-13-16/h5-6,9-13,17,25H,3-4,7-8,14H2,1-2H3,(H,26,27,28). The number of ether oxygens (including phenoxy) is 1. The molecule has 0 unspecified atom stereocenters. The molecule has 0 radical (unpaired) electrons. The summed E-state index contributed by atoms with van der Waals surface area (Å²) < 4.78 is 34.1. The van der Waals surface area contributed by atoms with Crippen LogP contribution >= 0.6 is 11.3 Å². The van der Waals surface area contributed by atoms with E-state index in [1.807, 2.05) is 6.92 Å². The average molecular weight is 487 g/mol. The van der Waals surface area contributed by atoms with Crippen molar-refractivity contribution in [1.29, 1.82) is 0 Å². The van der Waals surface area contributed by atoms with Gasteiger partial charge in [-0.25, -0.2) is 18.1 Å². The number of pyridine rings is 1. The van der Waals surface area contributed by atoms with Gasteiger partial charge in [0.1, 0.15) is 10.6 Å². The first kappa shape index (κ1) is 23.3. The summed E-state index contributed by atoms with van der Waals surface area (Å²) in [6, 6.07) is 8.55. The van der Waals surface area contributed by atoms with Gasteiger partial charge < -0.3 is 10.1 Å². The molecule has 0 saturated heterocycles. The molecular weight excluding hydrogens is 460 g/mol. The number of rotatable bonds is 8. The lowest BCUT2D eigenvalue weighted by molar-refractivity contribution is -0.119. The van der Waals surface area contributed by atoms with Crippen LogP contribution in [0.4, 0.5) is 5.13 Å². The van der Waals surface area contributed by atoms with Gasteiger partial charge in [-0.1, -0.05) is 30.2 Å². The summed E-state index contributed by atoms with van der Waals surface area (Å²) in [5, 5.41) is 3.45. The second-order valence-electron chi connectivity index (χ2n) is 7.96. The number of hydrogen-bond donors (Lipinski definition) is 2. The van der Waals surface area contributed by atoms with Gasteiger partial charge in [-0.15, -0.1) is 0 Å². The highest BCUT2D eigenvalue weighted by Gasteiger charge is 2.25. The number of carbonyl (C=O) groups excluding carboxylic acids is 1. The van der Waals surface area contributed by atoms with Crippen LogP contribution in [0.1, 0.15) is 36.9 Å². The van der Waals surface area contributed by atoms with Gasteiger partial charge in [-0.05, 0) is 55.2 Å². The zero-order valence-corrected chi connectivity index (χ0v) is 20.1. The monoisotopic (exact) mass is 486 g/mol. The predicted molar refractivity (Wildman–Crippen MR) is 128 cm³/mol. The Balaban J connectivity index is 1.58. The summed E-state index contributed by atoms with van der Waals surface area (Å²) in [5.74, 6) is 0.293. The van der Waals surface area contributed by atoms with Crippen molar-refractivity contribution in [1.82, 2.24) is 14.7 Å². The lowest BCUT2D eigenvalue weighted by Gasteiger charge is -2.12. The highest BCUT2D eigenvalue weighted by molar-refractivity contribution is 7.89. The molecule has 2 heterocycles. The van der Waals surface area contributed by atoms with Gasteiger partial charge in [-0.2, -0.15) is 0 Å². The Kier molecular flexibility index (Phi) is 7.06. The number of nitrogens with zero attached hydrogens (tertiary/aromatic N) is 2. The molecule has 3 aromatic rings. The molecule has 174 valence electrons. The molecule has 1 fully saturated rings. The Morgan fingerprint density at radius 2 is 2.03 bits per heavy atom. The molecule has 0 spiro atoms. The summed E-state index contributed by atoms with van der Waals surface area (Å²) in [6.07, 6.45) is 7.23.